The molecule has 0 atom stereocenters. The first-order chi connectivity index (χ1) is 8.72. The topological polar surface area (TPSA) is 65.2 Å². The van der Waals surface area contributed by atoms with Gasteiger partial charge < -0.3 is 10.5 Å². The number of hydrogen-bond donors (Lipinski definition) is 1. The van der Waals surface area contributed by atoms with E-state index in [0.29, 0.717) is 11.4 Å². The van der Waals surface area contributed by atoms with E-state index in [-0.39, 0.29) is 12.6 Å². The average Bonchev–Trinajstić information content (AvgIpc) is 2.78. The lowest BCUT2D eigenvalue weighted by Gasteiger charge is -2.06. The van der Waals surface area contributed by atoms with Gasteiger partial charge in [-0.15, -0.1) is 11.3 Å². The lowest BCUT2D eigenvalue weighted by Crippen LogP contribution is -2.03. The van der Waals surface area contributed by atoms with Gasteiger partial charge in [-0.25, -0.2) is 0 Å². The number of rotatable bonds is 4. The predicted octanol–water partition coefficient (Wildman–Crippen LogP) is 2.85. The number of carbonyl (C=O) groups excluding carboxylic acids is 1. The van der Waals surface area contributed by atoms with Gasteiger partial charge in [0.2, 0.25) is 0 Å². The monoisotopic (exact) mass is 262 g/mol. The minimum atomic E-state index is -0.224. The number of aromatic nitrogens is 1. The van der Waals surface area contributed by atoms with Crippen LogP contribution in [0.15, 0.2) is 29.9 Å². The second-order valence-electron chi connectivity index (χ2n) is 3.75. The first-order valence-electron chi connectivity index (χ1n) is 5.64. The highest BCUT2D eigenvalue weighted by atomic mass is 32.1. The van der Waals surface area contributed by atoms with Gasteiger partial charge in [0.15, 0.2) is 0 Å². The first-order valence-corrected chi connectivity index (χ1v) is 6.52. The summed E-state index contributed by atoms with van der Waals surface area (Å²) in [6, 6.07) is 3.82. The lowest BCUT2D eigenvalue weighted by molar-refractivity contribution is -0.144. The van der Waals surface area contributed by atoms with Gasteiger partial charge in [-0.05, 0) is 6.07 Å². The van der Waals surface area contributed by atoms with Gasteiger partial charge in [0.1, 0.15) is 6.61 Å². The Morgan fingerprint density at radius 2 is 2.39 bits per heavy atom. The maximum atomic E-state index is 11.2. The van der Waals surface area contributed by atoms with Gasteiger partial charge in [0.05, 0.1) is 5.00 Å². The van der Waals surface area contributed by atoms with Crippen molar-refractivity contribution in [1.82, 2.24) is 4.98 Å². The van der Waals surface area contributed by atoms with E-state index in [4.69, 9.17) is 10.5 Å². The van der Waals surface area contributed by atoms with Crippen LogP contribution in [0.2, 0.25) is 0 Å². The molecule has 0 aromatic carbocycles. The predicted molar refractivity (Wildman–Crippen MR) is 72.0 cm³/mol. The highest BCUT2D eigenvalue weighted by molar-refractivity contribution is 7.14. The molecule has 0 aliphatic heterocycles. The second kappa shape index (κ2) is 5.64. The molecule has 0 aliphatic rings. The largest absolute Gasteiger partial charge is 0.461 e. The Balaban J connectivity index is 2.25. The maximum Gasteiger partial charge on any atom is 0.305 e. The fourth-order valence-corrected chi connectivity index (χ4v) is 2.40. The fourth-order valence-electron chi connectivity index (χ4n) is 1.57. The average molecular weight is 262 g/mol. The minimum absolute atomic E-state index is 0.215. The number of nitrogen functional groups attached to an aromatic ring is 1. The van der Waals surface area contributed by atoms with Crippen molar-refractivity contribution in [1.29, 1.82) is 0 Å². The number of ether oxygens (including phenoxy) is 1. The van der Waals surface area contributed by atoms with Gasteiger partial charge in [-0.2, -0.15) is 0 Å². The number of nitrogens with zero attached hydrogens (tertiary/aromatic N) is 1. The Morgan fingerprint density at radius 3 is 3.06 bits per heavy atom. The van der Waals surface area contributed by atoms with Crippen LogP contribution in [-0.4, -0.2) is 11.0 Å². The van der Waals surface area contributed by atoms with Crippen LogP contribution in [-0.2, 0) is 16.1 Å². The Kier molecular flexibility index (Phi) is 3.94. The summed E-state index contributed by atoms with van der Waals surface area (Å²) < 4.78 is 5.15. The third kappa shape index (κ3) is 2.68. The van der Waals surface area contributed by atoms with Crippen LogP contribution < -0.4 is 5.73 Å². The van der Waals surface area contributed by atoms with Crippen LogP contribution in [0.25, 0.3) is 11.1 Å². The summed E-state index contributed by atoms with van der Waals surface area (Å²) in [5.41, 5.74) is 8.73. The molecular weight excluding hydrogens is 248 g/mol. The molecule has 18 heavy (non-hydrogen) atoms. The van der Waals surface area contributed by atoms with Crippen molar-refractivity contribution in [2.75, 3.05) is 5.73 Å². The standard InChI is InChI=1S/C13H14N2O2S/c1-2-12(16)17-7-10-11(8-18-13(10)14)9-4-3-5-15-6-9/h3-6,8H,2,7,14H2,1H3. The lowest BCUT2D eigenvalue weighted by atomic mass is 10.1. The maximum absolute atomic E-state index is 11.2. The zero-order valence-corrected chi connectivity index (χ0v) is 10.9. The summed E-state index contributed by atoms with van der Waals surface area (Å²) in [4.78, 5) is 15.3. The first kappa shape index (κ1) is 12.6. The molecule has 4 nitrogen and oxygen atoms in total. The Hall–Kier alpha value is -1.88. The number of anilines is 1. The van der Waals surface area contributed by atoms with Crippen LogP contribution in [0, 0.1) is 0 Å². The summed E-state index contributed by atoms with van der Waals surface area (Å²) in [6.07, 6.45) is 3.86. The van der Waals surface area contributed by atoms with Crippen molar-refractivity contribution in [2.24, 2.45) is 0 Å². The van der Waals surface area contributed by atoms with E-state index in [1.165, 1.54) is 11.3 Å². The molecule has 2 aromatic rings. The molecule has 0 unspecified atom stereocenters. The van der Waals surface area contributed by atoms with Gasteiger partial charge in [0, 0.05) is 40.9 Å². The molecule has 0 aliphatic carbocycles. The molecule has 0 bridgehead atoms. The minimum Gasteiger partial charge on any atom is -0.461 e. The van der Waals surface area contributed by atoms with Crippen molar-refractivity contribution < 1.29 is 9.53 Å². The van der Waals surface area contributed by atoms with Crippen molar-refractivity contribution >= 4 is 22.3 Å². The summed E-state index contributed by atoms with van der Waals surface area (Å²) in [5.74, 6) is -0.224. The van der Waals surface area contributed by atoms with Gasteiger partial charge in [-0.3, -0.25) is 9.78 Å². The van der Waals surface area contributed by atoms with Crippen molar-refractivity contribution in [2.45, 2.75) is 20.0 Å². The van der Waals surface area contributed by atoms with Crippen LogP contribution >= 0.6 is 11.3 Å². The fraction of sp³-hybridized carbons (Fsp3) is 0.231. The van der Waals surface area contributed by atoms with Crippen LogP contribution in [0.5, 0.6) is 0 Å². The van der Waals surface area contributed by atoms with Crippen LogP contribution in [0.3, 0.4) is 0 Å². The Labute approximate surface area is 109 Å². The molecule has 0 fully saturated rings. The highest BCUT2D eigenvalue weighted by Crippen LogP contribution is 2.33. The number of thiophene rings is 1. The summed E-state index contributed by atoms with van der Waals surface area (Å²) in [6.45, 7) is 1.98. The van der Waals surface area contributed by atoms with E-state index >= 15 is 0 Å². The molecule has 94 valence electrons. The summed E-state index contributed by atoms with van der Waals surface area (Å²) in [5, 5.41) is 2.64. The van der Waals surface area contributed by atoms with Crippen LogP contribution in [0.4, 0.5) is 5.00 Å². The molecule has 0 spiro atoms. The number of pyridine rings is 1. The SMILES string of the molecule is CCC(=O)OCc1c(-c2cccnc2)csc1N. The normalized spacial score (nSPS) is 10.3. The van der Waals surface area contributed by atoms with Gasteiger partial charge in [0.25, 0.3) is 0 Å². The van der Waals surface area contributed by atoms with Crippen molar-refractivity contribution in [3.8, 4) is 11.1 Å². The van der Waals surface area contributed by atoms with Gasteiger partial charge >= 0.3 is 5.97 Å². The van der Waals surface area contributed by atoms with E-state index < -0.39 is 0 Å². The molecule has 2 N–H and O–H groups in total. The van der Waals surface area contributed by atoms with E-state index in [2.05, 4.69) is 4.98 Å². The molecule has 2 aromatic heterocycles. The summed E-state index contributed by atoms with van der Waals surface area (Å²) >= 11 is 1.44. The third-order valence-corrected chi connectivity index (χ3v) is 3.42. The van der Waals surface area contributed by atoms with Crippen molar-refractivity contribution in [3.05, 3.63) is 35.5 Å². The molecule has 0 amide bonds. The molecule has 0 saturated carbocycles. The van der Waals surface area contributed by atoms with E-state index in [1.54, 1.807) is 19.3 Å². The zero-order valence-electron chi connectivity index (χ0n) is 10.1. The summed E-state index contributed by atoms with van der Waals surface area (Å²) in [7, 11) is 0. The third-order valence-electron chi connectivity index (χ3n) is 2.57. The number of carbonyl (C=O) groups is 1. The molecule has 2 rings (SSSR count). The number of hydrogen-bond acceptors (Lipinski definition) is 5. The zero-order chi connectivity index (χ0) is 13.0. The Bertz CT molecular complexity index is 537. The molecular formula is C13H14N2O2S. The number of esters is 1. The van der Waals surface area contributed by atoms with Crippen molar-refractivity contribution in [3.63, 3.8) is 0 Å². The smallest absolute Gasteiger partial charge is 0.305 e. The highest BCUT2D eigenvalue weighted by Gasteiger charge is 2.13. The van der Waals surface area contributed by atoms with E-state index in [9.17, 15) is 4.79 Å². The Morgan fingerprint density at radius 1 is 1.56 bits per heavy atom. The quantitative estimate of drug-likeness (QED) is 0.860. The molecule has 5 heteroatoms. The van der Waals surface area contributed by atoms with E-state index in [1.807, 2.05) is 17.5 Å². The second-order valence-corrected chi connectivity index (χ2v) is 4.66. The molecule has 2 heterocycles. The molecule has 0 radical (unpaired) electrons. The van der Waals surface area contributed by atoms with E-state index in [0.717, 1.165) is 16.7 Å². The molecule has 0 saturated heterocycles. The number of nitrogens with two attached hydrogens (primary N) is 1. The van der Waals surface area contributed by atoms with Gasteiger partial charge in [-0.1, -0.05) is 13.0 Å². The van der Waals surface area contributed by atoms with Crippen LogP contribution in [0.1, 0.15) is 18.9 Å².